The average Bonchev–Trinajstić information content (AvgIpc) is 3.52. The van der Waals surface area contributed by atoms with Gasteiger partial charge in [-0.25, -0.2) is 9.37 Å². The van der Waals surface area contributed by atoms with Crippen LogP contribution in [0.1, 0.15) is 40.9 Å². The fourth-order valence-electron chi connectivity index (χ4n) is 6.30. The van der Waals surface area contributed by atoms with Gasteiger partial charge in [0.1, 0.15) is 17.4 Å². The second kappa shape index (κ2) is 10.3. The molecule has 9 nitrogen and oxygen atoms in total. The number of para-hydroxylation sites is 1. The van der Waals surface area contributed by atoms with E-state index in [9.17, 15) is 9.18 Å². The number of fused-ring (bicyclic) bond motifs is 2. The molecule has 3 aromatic heterocycles. The highest BCUT2D eigenvalue weighted by Gasteiger charge is 2.31. The lowest BCUT2D eigenvalue weighted by molar-refractivity contribution is 0.0606. The van der Waals surface area contributed by atoms with E-state index < -0.39 is 6.17 Å². The van der Waals surface area contributed by atoms with Crippen molar-refractivity contribution in [2.75, 3.05) is 20.2 Å². The van der Waals surface area contributed by atoms with Gasteiger partial charge in [-0.3, -0.25) is 9.48 Å². The van der Waals surface area contributed by atoms with Crippen LogP contribution >= 0.6 is 0 Å². The van der Waals surface area contributed by atoms with E-state index in [1.165, 1.54) is 23.3 Å². The molecule has 7 rings (SSSR count). The molecule has 0 unspecified atom stereocenters. The van der Waals surface area contributed by atoms with Gasteiger partial charge in [0.2, 0.25) is 0 Å². The molecule has 1 aliphatic heterocycles. The summed E-state index contributed by atoms with van der Waals surface area (Å²) < 4.78 is 26.7. The number of nitrogens with zero attached hydrogens (tertiary/aromatic N) is 6. The zero-order valence-electron chi connectivity index (χ0n) is 24.3. The molecule has 2 aliphatic rings. The van der Waals surface area contributed by atoms with Gasteiger partial charge in [-0.15, -0.1) is 0 Å². The Bertz CT molecular complexity index is 1800. The third-order valence-electron chi connectivity index (χ3n) is 8.84. The number of likely N-dealkylation sites (tertiary alicyclic amines) is 1. The van der Waals surface area contributed by atoms with Crippen molar-refractivity contribution in [3.8, 4) is 17.3 Å². The second-order valence-electron chi connectivity index (χ2n) is 11.9. The number of alkyl halides is 1. The molecule has 2 fully saturated rings. The van der Waals surface area contributed by atoms with Crippen molar-refractivity contribution >= 4 is 27.8 Å². The molecular weight excluding hydrogens is 533 g/mol. The molecule has 0 bridgehead atoms. The molecule has 0 spiro atoms. The number of rotatable bonds is 7. The van der Waals surface area contributed by atoms with Gasteiger partial charge in [0.25, 0.3) is 5.91 Å². The third-order valence-corrected chi connectivity index (χ3v) is 8.84. The van der Waals surface area contributed by atoms with E-state index in [2.05, 4.69) is 51.5 Å². The summed E-state index contributed by atoms with van der Waals surface area (Å²) in [6.07, 6.45) is 3.49. The summed E-state index contributed by atoms with van der Waals surface area (Å²) in [6.45, 7) is 3.87. The maximum absolute atomic E-state index is 14.3. The number of ether oxygens (including phenoxy) is 1. The number of benzene rings is 2. The van der Waals surface area contributed by atoms with Crippen molar-refractivity contribution in [3.63, 3.8) is 0 Å². The minimum Gasteiger partial charge on any atom is -0.494 e. The van der Waals surface area contributed by atoms with E-state index in [1.807, 2.05) is 17.9 Å². The predicted octanol–water partition coefficient (Wildman–Crippen LogP) is 4.68. The first-order valence-electron chi connectivity index (χ1n) is 14.6. The zero-order chi connectivity index (χ0) is 29.1. The van der Waals surface area contributed by atoms with Crippen LogP contribution in [0.4, 0.5) is 4.39 Å². The number of amides is 1. The molecule has 10 heteroatoms. The van der Waals surface area contributed by atoms with Crippen LogP contribution in [0.2, 0.25) is 0 Å². The summed E-state index contributed by atoms with van der Waals surface area (Å²) in [4.78, 5) is 20.3. The summed E-state index contributed by atoms with van der Waals surface area (Å²) in [6, 6.07) is 13.8. The minimum absolute atomic E-state index is 0.0358. The summed E-state index contributed by atoms with van der Waals surface area (Å²) in [7, 11) is 3.54. The molecule has 2 atom stereocenters. The number of hydrogen-bond donors (Lipinski definition) is 1. The van der Waals surface area contributed by atoms with Crippen LogP contribution in [0, 0.1) is 12.8 Å². The molecule has 1 amide bonds. The number of methoxy groups -OCH3 is 1. The monoisotopic (exact) mass is 569 g/mol. The first kappa shape index (κ1) is 26.7. The van der Waals surface area contributed by atoms with Crippen molar-refractivity contribution < 1.29 is 13.9 Å². The highest BCUT2D eigenvalue weighted by Crippen LogP contribution is 2.39. The Morgan fingerprint density at radius 2 is 1.95 bits per heavy atom. The summed E-state index contributed by atoms with van der Waals surface area (Å²) >= 11 is 0. The smallest absolute Gasteiger partial charge is 0.254 e. The van der Waals surface area contributed by atoms with Crippen molar-refractivity contribution in [2.24, 2.45) is 18.7 Å². The Balaban J connectivity index is 1.42. The van der Waals surface area contributed by atoms with E-state index in [0.29, 0.717) is 35.8 Å². The molecule has 42 heavy (non-hydrogen) atoms. The average molecular weight is 570 g/mol. The highest BCUT2D eigenvalue weighted by atomic mass is 19.1. The van der Waals surface area contributed by atoms with Crippen molar-refractivity contribution in [1.82, 2.24) is 28.8 Å². The molecule has 4 heterocycles. The van der Waals surface area contributed by atoms with E-state index in [0.717, 1.165) is 40.2 Å². The number of nitrogens with two attached hydrogens (primary N) is 1. The molecular formula is C32H36FN7O2. The Morgan fingerprint density at radius 3 is 2.67 bits per heavy atom. The number of aromatic nitrogens is 5. The summed E-state index contributed by atoms with van der Waals surface area (Å²) in [5.74, 6) is 1.73. The van der Waals surface area contributed by atoms with Crippen LogP contribution in [0.25, 0.3) is 33.5 Å². The Kier molecular flexibility index (Phi) is 6.53. The Hall–Kier alpha value is -4.18. The van der Waals surface area contributed by atoms with Gasteiger partial charge >= 0.3 is 0 Å². The van der Waals surface area contributed by atoms with Crippen molar-refractivity contribution in [2.45, 2.75) is 51.5 Å². The van der Waals surface area contributed by atoms with Crippen LogP contribution in [0.5, 0.6) is 5.75 Å². The fraction of sp³-hybridized carbons (Fsp3) is 0.406. The van der Waals surface area contributed by atoms with E-state index in [4.69, 9.17) is 15.5 Å². The van der Waals surface area contributed by atoms with E-state index in [1.54, 1.807) is 19.2 Å². The largest absolute Gasteiger partial charge is 0.494 e. The highest BCUT2D eigenvalue weighted by molar-refractivity contribution is 6.00. The molecule has 218 valence electrons. The fourth-order valence-corrected chi connectivity index (χ4v) is 6.30. The Morgan fingerprint density at radius 1 is 1.14 bits per heavy atom. The third kappa shape index (κ3) is 4.63. The first-order chi connectivity index (χ1) is 20.3. The number of aryl methyl sites for hydroxylation is 1. The molecule has 0 radical (unpaired) electrons. The molecule has 5 aromatic rings. The van der Waals surface area contributed by atoms with Gasteiger partial charge in [0.05, 0.1) is 37.6 Å². The van der Waals surface area contributed by atoms with Crippen LogP contribution in [0.15, 0.2) is 48.7 Å². The lowest BCUT2D eigenvalue weighted by atomic mass is 10.0. The maximum Gasteiger partial charge on any atom is 0.254 e. The molecule has 1 aliphatic carbocycles. The lowest BCUT2D eigenvalue weighted by Gasteiger charge is -2.33. The second-order valence-corrected chi connectivity index (χ2v) is 11.9. The molecule has 1 saturated heterocycles. The molecule has 2 N–H and O–H groups in total. The number of imidazole rings is 1. The number of carbonyl (C=O) groups excluding carboxylic acids is 1. The quantitative estimate of drug-likeness (QED) is 0.307. The van der Waals surface area contributed by atoms with Crippen LogP contribution in [-0.2, 0) is 20.1 Å². The van der Waals surface area contributed by atoms with E-state index >= 15 is 0 Å². The normalized spacial score (nSPS) is 19.2. The van der Waals surface area contributed by atoms with Crippen LogP contribution < -0.4 is 10.5 Å². The number of hydrogen-bond acceptors (Lipinski definition) is 5. The van der Waals surface area contributed by atoms with Gasteiger partial charge in [0, 0.05) is 53.9 Å². The number of carbonyl (C=O) groups is 1. The van der Waals surface area contributed by atoms with Gasteiger partial charge in [0.15, 0.2) is 5.82 Å². The molecule has 2 aromatic carbocycles. The maximum atomic E-state index is 14.3. The van der Waals surface area contributed by atoms with Gasteiger partial charge < -0.3 is 24.5 Å². The van der Waals surface area contributed by atoms with Crippen molar-refractivity contribution in [3.05, 3.63) is 65.5 Å². The summed E-state index contributed by atoms with van der Waals surface area (Å²) in [5.41, 5.74) is 12.3. The zero-order valence-corrected chi connectivity index (χ0v) is 24.3. The minimum atomic E-state index is -1.13. The van der Waals surface area contributed by atoms with E-state index in [-0.39, 0.29) is 24.9 Å². The van der Waals surface area contributed by atoms with Crippen LogP contribution in [-0.4, -0.2) is 67.1 Å². The predicted molar refractivity (Wildman–Crippen MR) is 160 cm³/mol. The topological polar surface area (TPSA) is 96.1 Å². The standard InChI is InChI=1S/C32H36FN7O2/c1-19-23(14-35-37(19)2)16-40-30-26(10-22(12-29(30)42-3)32(41)38-17-24(33)13-25(34)18-38)36-31(40)28-11-21-6-4-5-7-27(21)39(28)15-20-8-9-20/h4-7,10-12,14,20,24-25H,8-9,13,15-18,34H2,1-3H3/t24-,25-/m1/s1. The Labute approximate surface area is 243 Å². The van der Waals surface area contributed by atoms with Gasteiger partial charge in [-0.05, 0) is 56.4 Å². The van der Waals surface area contributed by atoms with Gasteiger partial charge in [-0.2, -0.15) is 5.10 Å². The lowest BCUT2D eigenvalue weighted by Crippen LogP contribution is -2.50. The number of piperidine rings is 1. The van der Waals surface area contributed by atoms with Crippen LogP contribution in [0.3, 0.4) is 0 Å². The first-order valence-corrected chi connectivity index (χ1v) is 14.6. The number of halogens is 1. The molecule has 1 saturated carbocycles. The van der Waals surface area contributed by atoms with Gasteiger partial charge in [-0.1, -0.05) is 18.2 Å². The van der Waals surface area contributed by atoms with Crippen molar-refractivity contribution in [1.29, 1.82) is 0 Å². The summed E-state index contributed by atoms with van der Waals surface area (Å²) in [5, 5.41) is 5.64. The SMILES string of the molecule is COc1cc(C(=O)N2C[C@H](N)C[C@@H](F)C2)cc2nc(-c3cc4ccccc4n3CC3CC3)n(Cc3cnn(C)c3C)c12.